The van der Waals surface area contributed by atoms with E-state index in [-0.39, 0.29) is 11.8 Å². The second-order valence-corrected chi connectivity index (χ2v) is 5.73. The summed E-state index contributed by atoms with van der Waals surface area (Å²) in [6.07, 6.45) is 2.33. The van der Waals surface area contributed by atoms with Gasteiger partial charge in [-0.25, -0.2) is 0 Å². The maximum Gasteiger partial charge on any atom is 0.227 e. The lowest BCUT2D eigenvalue weighted by Gasteiger charge is -2.13. The van der Waals surface area contributed by atoms with Gasteiger partial charge < -0.3 is 9.88 Å². The molecule has 1 aromatic heterocycles. The van der Waals surface area contributed by atoms with Crippen LogP contribution >= 0.6 is 0 Å². The summed E-state index contributed by atoms with van der Waals surface area (Å²) in [6, 6.07) is 14.3. The van der Waals surface area contributed by atoms with Crippen LogP contribution in [0.3, 0.4) is 0 Å². The summed E-state index contributed by atoms with van der Waals surface area (Å²) in [4.78, 5) is 12.3. The minimum Gasteiger partial charge on any atom is -0.355 e. The summed E-state index contributed by atoms with van der Waals surface area (Å²) < 4.78 is 1.86. The topological polar surface area (TPSA) is 59.8 Å². The zero-order chi connectivity index (χ0) is 16.2. The molecule has 3 aromatic rings. The minimum atomic E-state index is -0.181. The summed E-state index contributed by atoms with van der Waals surface area (Å²) >= 11 is 0. The molecule has 0 saturated heterocycles. The number of nitrogens with one attached hydrogen (secondary N) is 1. The number of aromatic nitrogens is 3. The number of nitrogens with zero attached hydrogens (tertiary/aromatic N) is 3. The lowest BCUT2D eigenvalue weighted by atomic mass is 9.97. The van der Waals surface area contributed by atoms with Crippen molar-refractivity contribution in [2.24, 2.45) is 7.05 Å². The van der Waals surface area contributed by atoms with E-state index in [0.717, 1.165) is 16.8 Å². The molecule has 5 heteroatoms. The lowest BCUT2D eigenvalue weighted by molar-refractivity contribution is -0.122. The van der Waals surface area contributed by atoms with Crippen molar-refractivity contribution in [3.8, 4) is 0 Å². The van der Waals surface area contributed by atoms with Gasteiger partial charge in [-0.3, -0.25) is 4.79 Å². The van der Waals surface area contributed by atoms with Gasteiger partial charge in [-0.15, -0.1) is 10.2 Å². The summed E-state index contributed by atoms with van der Waals surface area (Å²) in [5.41, 5.74) is 1.03. The second kappa shape index (κ2) is 6.60. The molecule has 0 unspecified atom stereocenters. The zero-order valence-corrected chi connectivity index (χ0v) is 13.4. The second-order valence-electron chi connectivity index (χ2n) is 5.73. The monoisotopic (exact) mass is 308 g/mol. The number of rotatable bonds is 5. The molecule has 1 heterocycles. The number of benzene rings is 2. The average Bonchev–Trinajstić information content (AvgIpc) is 2.98. The fourth-order valence-electron chi connectivity index (χ4n) is 2.61. The maximum atomic E-state index is 12.3. The van der Waals surface area contributed by atoms with E-state index in [0.29, 0.717) is 13.0 Å². The Morgan fingerprint density at radius 3 is 2.74 bits per heavy atom. The van der Waals surface area contributed by atoms with Crippen LogP contribution in [0, 0.1) is 0 Å². The van der Waals surface area contributed by atoms with Gasteiger partial charge in [0.05, 0.1) is 5.92 Å². The normalized spacial score (nSPS) is 12.3. The van der Waals surface area contributed by atoms with E-state index in [1.54, 1.807) is 6.33 Å². The minimum absolute atomic E-state index is 0.0300. The Hall–Kier alpha value is -2.69. The third-order valence-corrected chi connectivity index (χ3v) is 4.12. The molecule has 0 fully saturated rings. The van der Waals surface area contributed by atoms with Crippen LogP contribution in [0.15, 0.2) is 48.8 Å². The number of fused-ring (bicyclic) bond motifs is 1. The first kappa shape index (κ1) is 15.2. The molecule has 0 aliphatic carbocycles. The number of aryl methyl sites for hydroxylation is 1. The van der Waals surface area contributed by atoms with Crippen molar-refractivity contribution in [1.82, 2.24) is 20.1 Å². The largest absolute Gasteiger partial charge is 0.355 e. The Kier molecular flexibility index (Phi) is 4.37. The molecule has 1 amide bonds. The highest BCUT2D eigenvalue weighted by Crippen LogP contribution is 2.21. The third kappa shape index (κ3) is 3.39. The fourth-order valence-corrected chi connectivity index (χ4v) is 2.61. The summed E-state index contributed by atoms with van der Waals surface area (Å²) in [7, 11) is 1.90. The molecule has 118 valence electrons. The standard InChI is InChI=1S/C18H20N4O/c1-13(15-8-7-14-5-3-4-6-16(14)11-15)18(23)19-10-9-17-21-20-12-22(17)2/h3-8,11-13H,9-10H2,1-2H3,(H,19,23)/t13-/m0/s1. The third-order valence-electron chi connectivity index (χ3n) is 4.12. The predicted molar refractivity (Wildman–Crippen MR) is 90.1 cm³/mol. The van der Waals surface area contributed by atoms with Crippen LogP contribution in [-0.4, -0.2) is 27.2 Å². The van der Waals surface area contributed by atoms with Gasteiger partial charge in [0.2, 0.25) is 5.91 Å². The molecule has 0 saturated carbocycles. The van der Waals surface area contributed by atoms with Gasteiger partial charge in [0.15, 0.2) is 0 Å². The van der Waals surface area contributed by atoms with E-state index in [4.69, 9.17) is 0 Å². The molecular weight excluding hydrogens is 288 g/mol. The van der Waals surface area contributed by atoms with Crippen LogP contribution in [0.5, 0.6) is 0 Å². The van der Waals surface area contributed by atoms with E-state index in [9.17, 15) is 4.79 Å². The smallest absolute Gasteiger partial charge is 0.227 e. The Labute approximate surface area is 135 Å². The molecule has 5 nitrogen and oxygen atoms in total. The van der Waals surface area contributed by atoms with Crippen LogP contribution in [-0.2, 0) is 18.3 Å². The highest BCUT2D eigenvalue weighted by molar-refractivity contribution is 5.87. The van der Waals surface area contributed by atoms with Crippen molar-refractivity contribution >= 4 is 16.7 Å². The molecule has 23 heavy (non-hydrogen) atoms. The molecular formula is C18H20N4O. The molecule has 0 radical (unpaired) electrons. The van der Waals surface area contributed by atoms with E-state index >= 15 is 0 Å². The number of carbonyl (C=O) groups excluding carboxylic acids is 1. The Morgan fingerprint density at radius 1 is 1.22 bits per heavy atom. The molecule has 1 atom stereocenters. The van der Waals surface area contributed by atoms with E-state index < -0.39 is 0 Å². The highest BCUT2D eigenvalue weighted by atomic mass is 16.1. The van der Waals surface area contributed by atoms with E-state index in [1.165, 1.54) is 5.39 Å². The molecule has 2 aromatic carbocycles. The Morgan fingerprint density at radius 2 is 2.00 bits per heavy atom. The predicted octanol–water partition coefficient (Wildman–Crippen LogP) is 2.43. The summed E-state index contributed by atoms with van der Waals surface area (Å²) in [6.45, 7) is 2.49. The summed E-state index contributed by atoms with van der Waals surface area (Å²) in [5.74, 6) is 0.713. The van der Waals surface area contributed by atoms with Crippen LogP contribution in [0.1, 0.15) is 24.2 Å². The number of hydrogen-bond donors (Lipinski definition) is 1. The molecule has 0 aliphatic heterocycles. The first-order chi connectivity index (χ1) is 11.1. The highest BCUT2D eigenvalue weighted by Gasteiger charge is 2.15. The fraction of sp³-hybridized carbons (Fsp3) is 0.278. The molecule has 0 aliphatic rings. The van der Waals surface area contributed by atoms with Crippen molar-refractivity contribution < 1.29 is 4.79 Å². The van der Waals surface area contributed by atoms with Crippen LogP contribution in [0.2, 0.25) is 0 Å². The average molecular weight is 308 g/mol. The van der Waals surface area contributed by atoms with Crippen molar-refractivity contribution in [2.45, 2.75) is 19.3 Å². The first-order valence-corrected chi connectivity index (χ1v) is 7.74. The van der Waals surface area contributed by atoms with E-state index in [1.807, 2.05) is 36.7 Å². The van der Waals surface area contributed by atoms with Crippen molar-refractivity contribution in [3.63, 3.8) is 0 Å². The lowest BCUT2D eigenvalue weighted by Crippen LogP contribution is -2.30. The van der Waals surface area contributed by atoms with Gasteiger partial charge >= 0.3 is 0 Å². The SMILES string of the molecule is C[C@H](C(=O)NCCc1nncn1C)c1ccc2ccccc2c1. The number of carbonyl (C=O) groups is 1. The van der Waals surface area contributed by atoms with Gasteiger partial charge in [0.1, 0.15) is 12.2 Å². The van der Waals surface area contributed by atoms with Gasteiger partial charge in [-0.2, -0.15) is 0 Å². The molecule has 1 N–H and O–H groups in total. The first-order valence-electron chi connectivity index (χ1n) is 7.74. The Bertz CT molecular complexity index is 825. The van der Waals surface area contributed by atoms with Crippen LogP contribution < -0.4 is 5.32 Å². The van der Waals surface area contributed by atoms with Crippen molar-refractivity contribution in [3.05, 3.63) is 60.2 Å². The van der Waals surface area contributed by atoms with Crippen LogP contribution in [0.4, 0.5) is 0 Å². The van der Waals surface area contributed by atoms with E-state index in [2.05, 4.69) is 39.8 Å². The molecule has 0 bridgehead atoms. The number of amides is 1. The number of hydrogen-bond acceptors (Lipinski definition) is 3. The van der Waals surface area contributed by atoms with Crippen LogP contribution in [0.25, 0.3) is 10.8 Å². The summed E-state index contributed by atoms with van der Waals surface area (Å²) in [5, 5.41) is 13.2. The Balaban J connectivity index is 1.62. The molecule has 3 rings (SSSR count). The van der Waals surface area contributed by atoms with Gasteiger partial charge in [0, 0.05) is 20.0 Å². The molecule has 0 spiro atoms. The van der Waals surface area contributed by atoms with Crippen molar-refractivity contribution in [2.75, 3.05) is 6.54 Å². The van der Waals surface area contributed by atoms with Gasteiger partial charge in [-0.05, 0) is 23.3 Å². The van der Waals surface area contributed by atoms with Gasteiger partial charge in [-0.1, -0.05) is 42.5 Å². The van der Waals surface area contributed by atoms with Crippen molar-refractivity contribution in [1.29, 1.82) is 0 Å². The zero-order valence-electron chi connectivity index (χ0n) is 13.4. The van der Waals surface area contributed by atoms with Gasteiger partial charge in [0.25, 0.3) is 0 Å². The quantitative estimate of drug-likeness (QED) is 0.787. The maximum absolute atomic E-state index is 12.3.